The third-order valence-corrected chi connectivity index (χ3v) is 6.32. The van der Waals surface area contributed by atoms with Crippen molar-refractivity contribution in [3.05, 3.63) is 59.7 Å². The molecule has 194 valence electrons. The van der Waals surface area contributed by atoms with Crippen molar-refractivity contribution >= 4 is 5.97 Å². The fourth-order valence-corrected chi connectivity index (χ4v) is 4.10. The van der Waals surface area contributed by atoms with Gasteiger partial charge in [0.05, 0.1) is 17.8 Å². The summed E-state index contributed by atoms with van der Waals surface area (Å²) in [6.07, 6.45) is 13.0. The number of unbranched alkanes of at least 4 members (excludes halogenated alkanes) is 6. The van der Waals surface area contributed by atoms with Gasteiger partial charge in [0.1, 0.15) is 0 Å². The number of hydrogen-bond donors (Lipinski definition) is 0. The molecule has 0 aliphatic rings. The van der Waals surface area contributed by atoms with E-state index < -0.39 is 0 Å². The van der Waals surface area contributed by atoms with Crippen LogP contribution in [0.15, 0.2) is 48.5 Å². The van der Waals surface area contributed by atoms with Crippen LogP contribution in [0.1, 0.15) is 120 Å². The van der Waals surface area contributed by atoms with Crippen molar-refractivity contribution in [1.82, 2.24) is 0 Å². The minimum atomic E-state index is -0.380. The van der Waals surface area contributed by atoms with Crippen LogP contribution in [-0.4, -0.2) is 18.7 Å². The lowest BCUT2D eigenvalue weighted by Crippen LogP contribution is -2.17. The maximum atomic E-state index is 12.9. The summed E-state index contributed by atoms with van der Waals surface area (Å²) in [5.41, 5.74) is 1.57. The SMILES string of the molecule is CCCCCCCCC(CCC)Oc1ccccc1OC(=O)c1ccc(C(C)OCCCC)cc1. The van der Waals surface area contributed by atoms with E-state index in [1.54, 1.807) is 18.2 Å². The molecule has 0 N–H and O–H groups in total. The van der Waals surface area contributed by atoms with Gasteiger partial charge in [-0.05, 0) is 62.4 Å². The van der Waals surface area contributed by atoms with E-state index in [-0.39, 0.29) is 18.2 Å². The molecule has 2 aromatic carbocycles. The molecule has 0 fully saturated rings. The van der Waals surface area contributed by atoms with Crippen LogP contribution < -0.4 is 9.47 Å². The maximum Gasteiger partial charge on any atom is 0.343 e. The van der Waals surface area contributed by atoms with Crippen LogP contribution in [0.3, 0.4) is 0 Å². The highest BCUT2D eigenvalue weighted by Gasteiger charge is 2.17. The molecular formula is C31H46O4. The smallest absolute Gasteiger partial charge is 0.343 e. The molecule has 2 rings (SSSR count). The van der Waals surface area contributed by atoms with Crippen molar-refractivity contribution in [2.45, 2.75) is 111 Å². The van der Waals surface area contributed by atoms with E-state index in [9.17, 15) is 4.79 Å². The van der Waals surface area contributed by atoms with Crippen molar-refractivity contribution < 1.29 is 19.0 Å². The van der Waals surface area contributed by atoms with Crippen LogP contribution in [0.5, 0.6) is 11.5 Å². The highest BCUT2D eigenvalue weighted by atomic mass is 16.6. The Labute approximate surface area is 213 Å². The lowest BCUT2D eigenvalue weighted by Gasteiger charge is -2.20. The largest absolute Gasteiger partial charge is 0.487 e. The molecule has 0 saturated carbocycles. The summed E-state index contributed by atoms with van der Waals surface area (Å²) >= 11 is 0. The first-order valence-electron chi connectivity index (χ1n) is 13.8. The van der Waals surface area contributed by atoms with Gasteiger partial charge < -0.3 is 14.2 Å². The Bertz CT molecular complexity index is 830. The minimum absolute atomic E-state index is 0.00268. The van der Waals surface area contributed by atoms with Gasteiger partial charge in [0.2, 0.25) is 0 Å². The van der Waals surface area contributed by atoms with E-state index in [4.69, 9.17) is 14.2 Å². The van der Waals surface area contributed by atoms with Gasteiger partial charge in [-0.2, -0.15) is 0 Å². The van der Waals surface area contributed by atoms with Gasteiger partial charge >= 0.3 is 5.97 Å². The summed E-state index contributed by atoms with van der Waals surface area (Å²) in [7, 11) is 0. The zero-order valence-electron chi connectivity index (χ0n) is 22.4. The van der Waals surface area contributed by atoms with Crippen LogP contribution in [0.4, 0.5) is 0 Å². The second kappa shape index (κ2) is 17.2. The minimum Gasteiger partial charge on any atom is -0.487 e. The summed E-state index contributed by atoms with van der Waals surface area (Å²) in [5.74, 6) is 0.733. The number of para-hydroxylation sites is 2. The third kappa shape index (κ3) is 10.9. The molecule has 0 aliphatic carbocycles. The second-order valence-electron chi connectivity index (χ2n) is 9.41. The van der Waals surface area contributed by atoms with E-state index in [0.29, 0.717) is 17.1 Å². The molecule has 2 atom stereocenters. The summed E-state index contributed by atoms with van der Waals surface area (Å²) in [5, 5.41) is 0. The molecular weight excluding hydrogens is 436 g/mol. The molecule has 0 bridgehead atoms. The number of ether oxygens (including phenoxy) is 3. The van der Waals surface area contributed by atoms with Gasteiger partial charge in [-0.3, -0.25) is 0 Å². The van der Waals surface area contributed by atoms with Crippen LogP contribution in [-0.2, 0) is 4.74 Å². The van der Waals surface area contributed by atoms with Crippen molar-refractivity contribution in [2.24, 2.45) is 0 Å². The van der Waals surface area contributed by atoms with Crippen LogP contribution in [0, 0.1) is 0 Å². The molecule has 2 aromatic rings. The number of hydrogen-bond acceptors (Lipinski definition) is 4. The van der Waals surface area contributed by atoms with Crippen LogP contribution >= 0.6 is 0 Å². The Morgan fingerprint density at radius 1 is 0.743 bits per heavy atom. The predicted molar refractivity (Wildman–Crippen MR) is 144 cm³/mol. The van der Waals surface area contributed by atoms with E-state index in [1.807, 2.05) is 37.3 Å². The average molecular weight is 483 g/mol. The van der Waals surface area contributed by atoms with E-state index in [1.165, 1.54) is 38.5 Å². The first-order chi connectivity index (χ1) is 17.1. The Kier molecular flexibility index (Phi) is 14.2. The second-order valence-corrected chi connectivity index (χ2v) is 9.41. The molecule has 35 heavy (non-hydrogen) atoms. The zero-order valence-corrected chi connectivity index (χ0v) is 22.4. The molecule has 0 saturated heterocycles. The van der Waals surface area contributed by atoms with Gasteiger partial charge in [-0.15, -0.1) is 0 Å². The monoisotopic (exact) mass is 482 g/mol. The van der Waals surface area contributed by atoms with Gasteiger partial charge in [0, 0.05) is 6.61 Å². The Hall–Kier alpha value is -2.33. The Balaban J connectivity index is 1.95. The third-order valence-electron chi connectivity index (χ3n) is 6.32. The molecule has 0 heterocycles. The van der Waals surface area contributed by atoms with Crippen molar-refractivity contribution in [2.75, 3.05) is 6.61 Å². The molecule has 2 unspecified atom stereocenters. The Morgan fingerprint density at radius 2 is 1.40 bits per heavy atom. The molecule has 0 aromatic heterocycles. The van der Waals surface area contributed by atoms with Crippen molar-refractivity contribution in [3.8, 4) is 11.5 Å². The first-order valence-corrected chi connectivity index (χ1v) is 13.8. The number of carbonyl (C=O) groups is 1. The Morgan fingerprint density at radius 3 is 2.09 bits per heavy atom. The lowest BCUT2D eigenvalue weighted by atomic mass is 10.0. The summed E-state index contributed by atoms with van der Waals surface area (Å²) in [6, 6.07) is 15.0. The van der Waals surface area contributed by atoms with Gasteiger partial charge in [0.25, 0.3) is 0 Å². The lowest BCUT2D eigenvalue weighted by molar-refractivity contribution is 0.0635. The maximum absolute atomic E-state index is 12.9. The fourth-order valence-electron chi connectivity index (χ4n) is 4.10. The topological polar surface area (TPSA) is 44.8 Å². The quantitative estimate of drug-likeness (QED) is 0.121. The summed E-state index contributed by atoms with van der Waals surface area (Å²) in [6.45, 7) is 9.36. The van der Waals surface area contributed by atoms with Gasteiger partial charge in [-0.25, -0.2) is 4.79 Å². The summed E-state index contributed by atoms with van der Waals surface area (Å²) < 4.78 is 18.0. The number of benzene rings is 2. The fraction of sp³-hybridized carbons (Fsp3) is 0.581. The van der Waals surface area contributed by atoms with E-state index in [2.05, 4.69) is 20.8 Å². The number of rotatable bonds is 18. The van der Waals surface area contributed by atoms with Gasteiger partial charge in [0.15, 0.2) is 11.5 Å². The highest BCUT2D eigenvalue weighted by Crippen LogP contribution is 2.30. The number of carbonyl (C=O) groups excluding carboxylic acids is 1. The van der Waals surface area contributed by atoms with Gasteiger partial charge in [-0.1, -0.05) is 90.0 Å². The molecule has 0 aliphatic heterocycles. The highest BCUT2D eigenvalue weighted by molar-refractivity contribution is 5.91. The standard InChI is InChI=1S/C31H46O4/c1-5-8-10-11-12-13-17-28(16-7-3)34-29-18-14-15-19-30(29)35-31(32)27-22-20-26(21-23-27)25(4)33-24-9-6-2/h14-15,18-23,25,28H,5-13,16-17,24H2,1-4H3. The molecule has 4 heteroatoms. The average Bonchev–Trinajstić information content (AvgIpc) is 2.87. The normalized spacial score (nSPS) is 12.8. The van der Waals surface area contributed by atoms with E-state index >= 15 is 0 Å². The summed E-state index contributed by atoms with van der Waals surface area (Å²) in [4.78, 5) is 12.9. The number of esters is 1. The van der Waals surface area contributed by atoms with Crippen molar-refractivity contribution in [3.63, 3.8) is 0 Å². The predicted octanol–water partition coefficient (Wildman–Crippen LogP) is 9.08. The molecule has 4 nitrogen and oxygen atoms in total. The first kappa shape index (κ1) is 28.9. The van der Waals surface area contributed by atoms with Crippen LogP contribution in [0.25, 0.3) is 0 Å². The zero-order chi connectivity index (χ0) is 25.3. The van der Waals surface area contributed by atoms with E-state index in [0.717, 1.165) is 44.3 Å². The van der Waals surface area contributed by atoms with Crippen LogP contribution in [0.2, 0.25) is 0 Å². The molecule has 0 spiro atoms. The molecule has 0 radical (unpaired) electrons. The molecule has 0 amide bonds. The van der Waals surface area contributed by atoms with Crippen molar-refractivity contribution in [1.29, 1.82) is 0 Å².